The average molecular weight is 246 g/mol. The standard InChI is InChI=1S/C11H22N2O2S/c1-8(2)11(15)6-13(7-11)10(14)9(12)4-5-16-3/h8-9,15H,4-7,12H2,1-3H3/t9-/m0/s1. The molecule has 5 heteroatoms. The zero-order valence-corrected chi connectivity index (χ0v) is 11.1. The molecule has 0 radical (unpaired) electrons. The molecule has 16 heavy (non-hydrogen) atoms. The lowest BCUT2D eigenvalue weighted by Gasteiger charge is -2.49. The van der Waals surface area contributed by atoms with Gasteiger partial charge in [0.1, 0.15) is 5.60 Å². The van der Waals surface area contributed by atoms with Crippen LogP contribution in [0, 0.1) is 5.92 Å². The Kier molecular flexibility index (Phi) is 4.64. The number of rotatable bonds is 5. The minimum atomic E-state index is -0.700. The number of β-amino-alcohol motifs (C(OH)–C–C–N with tert-alkyl or cyclic N) is 1. The van der Waals surface area contributed by atoms with E-state index in [1.54, 1.807) is 16.7 Å². The second kappa shape index (κ2) is 5.38. The maximum atomic E-state index is 11.8. The SMILES string of the molecule is CSCC[C@H](N)C(=O)N1CC(O)(C(C)C)C1. The molecule has 1 heterocycles. The Balaban J connectivity index is 2.36. The predicted molar refractivity (Wildman–Crippen MR) is 67.3 cm³/mol. The Morgan fingerprint density at radius 1 is 1.56 bits per heavy atom. The molecule has 1 aliphatic heterocycles. The van der Waals surface area contributed by atoms with E-state index in [4.69, 9.17) is 5.73 Å². The van der Waals surface area contributed by atoms with Crippen LogP contribution in [0.2, 0.25) is 0 Å². The van der Waals surface area contributed by atoms with Crippen molar-refractivity contribution in [1.82, 2.24) is 4.90 Å². The van der Waals surface area contributed by atoms with Gasteiger partial charge in [-0.05, 0) is 24.3 Å². The number of nitrogens with two attached hydrogens (primary N) is 1. The second-order valence-corrected chi connectivity index (χ2v) is 5.83. The van der Waals surface area contributed by atoms with Gasteiger partial charge in [0.05, 0.1) is 19.1 Å². The van der Waals surface area contributed by atoms with Gasteiger partial charge >= 0.3 is 0 Å². The zero-order valence-electron chi connectivity index (χ0n) is 10.3. The lowest BCUT2D eigenvalue weighted by Crippen LogP contribution is -2.68. The van der Waals surface area contributed by atoms with Gasteiger partial charge in [0, 0.05) is 0 Å². The summed E-state index contributed by atoms with van der Waals surface area (Å²) in [5.74, 6) is 1.05. The number of amides is 1. The molecule has 3 N–H and O–H groups in total. The number of hydrogen-bond donors (Lipinski definition) is 2. The first-order valence-electron chi connectivity index (χ1n) is 5.66. The summed E-state index contributed by atoms with van der Waals surface area (Å²) in [4.78, 5) is 13.5. The van der Waals surface area contributed by atoms with E-state index in [1.165, 1.54) is 0 Å². The largest absolute Gasteiger partial charge is 0.386 e. The molecule has 0 saturated carbocycles. The minimum Gasteiger partial charge on any atom is -0.386 e. The van der Waals surface area contributed by atoms with Crippen LogP contribution >= 0.6 is 11.8 Å². The van der Waals surface area contributed by atoms with E-state index in [2.05, 4.69) is 0 Å². The van der Waals surface area contributed by atoms with E-state index >= 15 is 0 Å². The van der Waals surface area contributed by atoms with Crippen LogP contribution in [-0.4, -0.2) is 52.7 Å². The fraction of sp³-hybridized carbons (Fsp3) is 0.909. The molecule has 1 rings (SSSR count). The van der Waals surface area contributed by atoms with Gasteiger partial charge in [0.2, 0.25) is 5.91 Å². The van der Waals surface area contributed by atoms with Crippen molar-refractivity contribution in [1.29, 1.82) is 0 Å². The normalized spacial score (nSPS) is 20.8. The van der Waals surface area contributed by atoms with Gasteiger partial charge in [0.15, 0.2) is 0 Å². The Morgan fingerprint density at radius 2 is 2.12 bits per heavy atom. The number of nitrogens with zero attached hydrogens (tertiary/aromatic N) is 1. The van der Waals surface area contributed by atoms with E-state index in [0.717, 1.165) is 5.75 Å². The molecule has 0 aromatic carbocycles. The van der Waals surface area contributed by atoms with Crippen molar-refractivity contribution >= 4 is 17.7 Å². The van der Waals surface area contributed by atoms with Gasteiger partial charge in [-0.25, -0.2) is 0 Å². The highest BCUT2D eigenvalue weighted by Gasteiger charge is 2.46. The van der Waals surface area contributed by atoms with E-state index in [1.807, 2.05) is 20.1 Å². The number of carbonyl (C=O) groups is 1. The quantitative estimate of drug-likeness (QED) is 0.732. The topological polar surface area (TPSA) is 66.6 Å². The highest BCUT2D eigenvalue weighted by Crippen LogP contribution is 2.28. The van der Waals surface area contributed by atoms with Gasteiger partial charge in [-0.2, -0.15) is 11.8 Å². The number of thioether (sulfide) groups is 1. The lowest BCUT2D eigenvalue weighted by atomic mass is 9.82. The summed E-state index contributed by atoms with van der Waals surface area (Å²) < 4.78 is 0. The molecule has 0 aliphatic carbocycles. The van der Waals surface area contributed by atoms with Gasteiger partial charge in [0.25, 0.3) is 0 Å². The molecule has 0 unspecified atom stereocenters. The molecule has 0 aromatic rings. The highest BCUT2D eigenvalue weighted by molar-refractivity contribution is 7.98. The molecule has 1 aliphatic rings. The third-order valence-electron chi connectivity index (χ3n) is 3.27. The fourth-order valence-corrected chi connectivity index (χ4v) is 2.23. The van der Waals surface area contributed by atoms with E-state index in [-0.39, 0.29) is 11.8 Å². The maximum Gasteiger partial charge on any atom is 0.239 e. The molecule has 0 aromatic heterocycles. The maximum absolute atomic E-state index is 11.8. The first-order valence-corrected chi connectivity index (χ1v) is 7.06. The van der Waals surface area contributed by atoms with Crippen LogP contribution in [-0.2, 0) is 4.79 Å². The van der Waals surface area contributed by atoms with Gasteiger partial charge < -0.3 is 15.7 Å². The van der Waals surface area contributed by atoms with Crippen molar-refractivity contribution in [2.75, 3.05) is 25.1 Å². The van der Waals surface area contributed by atoms with E-state index < -0.39 is 11.6 Å². The van der Waals surface area contributed by atoms with Crippen LogP contribution in [0.5, 0.6) is 0 Å². The van der Waals surface area contributed by atoms with Gasteiger partial charge in [-0.1, -0.05) is 13.8 Å². The molecule has 1 atom stereocenters. The fourth-order valence-electron chi connectivity index (χ4n) is 1.74. The number of aliphatic hydroxyl groups is 1. The summed E-state index contributed by atoms with van der Waals surface area (Å²) in [6.07, 6.45) is 2.70. The molecular formula is C11H22N2O2S. The summed E-state index contributed by atoms with van der Waals surface area (Å²) in [7, 11) is 0. The van der Waals surface area contributed by atoms with Crippen molar-refractivity contribution < 1.29 is 9.90 Å². The molecule has 0 bridgehead atoms. The number of carbonyl (C=O) groups excluding carboxylic acids is 1. The number of hydrogen-bond acceptors (Lipinski definition) is 4. The van der Waals surface area contributed by atoms with Crippen molar-refractivity contribution in [3.8, 4) is 0 Å². The van der Waals surface area contributed by atoms with Crippen molar-refractivity contribution in [3.05, 3.63) is 0 Å². The van der Waals surface area contributed by atoms with E-state index in [0.29, 0.717) is 19.5 Å². The van der Waals surface area contributed by atoms with Crippen molar-refractivity contribution in [3.63, 3.8) is 0 Å². The smallest absolute Gasteiger partial charge is 0.239 e. The van der Waals surface area contributed by atoms with Crippen LogP contribution in [0.1, 0.15) is 20.3 Å². The average Bonchev–Trinajstić information content (AvgIpc) is 2.19. The van der Waals surface area contributed by atoms with Crippen LogP contribution in [0.15, 0.2) is 0 Å². The Labute approximate surface area is 102 Å². The summed E-state index contributed by atoms with van der Waals surface area (Å²) in [5, 5.41) is 10.0. The van der Waals surface area contributed by atoms with Crippen LogP contribution in [0.25, 0.3) is 0 Å². The monoisotopic (exact) mass is 246 g/mol. The predicted octanol–water partition coefficient (Wildman–Crippen LogP) is 0.296. The summed E-state index contributed by atoms with van der Waals surface area (Å²) in [5.41, 5.74) is 5.09. The minimum absolute atomic E-state index is 0.0284. The highest BCUT2D eigenvalue weighted by atomic mass is 32.2. The summed E-state index contributed by atoms with van der Waals surface area (Å²) >= 11 is 1.69. The van der Waals surface area contributed by atoms with Gasteiger partial charge in [-0.3, -0.25) is 4.79 Å². The first-order chi connectivity index (χ1) is 7.40. The van der Waals surface area contributed by atoms with E-state index in [9.17, 15) is 9.90 Å². The lowest BCUT2D eigenvalue weighted by molar-refractivity contribution is -0.165. The Bertz CT molecular complexity index is 252. The molecular weight excluding hydrogens is 224 g/mol. The molecule has 1 amide bonds. The van der Waals surface area contributed by atoms with Gasteiger partial charge in [-0.15, -0.1) is 0 Å². The first kappa shape index (κ1) is 13.8. The summed E-state index contributed by atoms with van der Waals surface area (Å²) in [6, 6.07) is -0.413. The molecule has 4 nitrogen and oxygen atoms in total. The summed E-state index contributed by atoms with van der Waals surface area (Å²) in [6.45, 7) is 4.79. The molecule has 1 saturated heterocycles. The molecule has 0 spiro atoms. The van der Waals surface area contributed by atoms with Crippen molar-refractivity contribution in [2.24, 2.45) is 11.7 Å². The number of likely N-dealkylation sites (tertiary alicyclic amines) is 1. The third kappa shape index (κ3) is 2.90. The zero-order chi connectivity index (χ0) is 12.3. The Morgan fingerprint density at radius 3 is 2.56 bits per heavy atom. The van der Waals surface area contributed by atoms with Crippen molar-refractivity contribution in [2.45, 2.75) is 31.9 Å². The Hall–Kier alpha value is -0.260. The third-order valence-corrected chi connectivity index (χ3v) is 3.91. The van der Waals surface area contributed by atoms with Crippen LogP contribution in [0.3, 0.4) is 0 Å². The molecule has 94 valence electrons. The molecule has 1 fully saturated rings. The van der Waals surface area contributed by atoms with Crippen LogP contribution in [0.4, 0.5) is 0 Å². The van der Waals surface area contributed by atoms with Crippen LogP contribution < -0.4 is 5.73 Å². The second-order valence-electron chi connectivity index (χ2n) is 4.84.